The molecule has 148 valence electrons. The number of rotatable bonds is 6. The van der Waals surface area contributed by atoms with E-state index in [0.29, 0.717) is 6.20 Å². The number of hydrogen-bond donors (Lipinski definition) is 3. The van der Waals surface area contributed by atoms with Crippen LogP contribution in [-0.2, 0) is 15.9 Å². The molecule has 0 fully saturated rings. The molecule has 0 saturated heterocycles. The van der Waals surface area contributed by atoms with Gasteiger partial charge in [-0.1, -0.05) is 12.1 Å². The van der Waals surface area contributed by atoms with Crippen molar-refractivity contribution in [2.45, 2.75) is 37.1 Å². The number of hydrogen-bond acceptors (Lipinski definition) is 7. The lowest BCUT2D eigenvalue weighted by molar-refractivity contribution is -0.140. The lowest BCUT2D eigenvalue weighted by Gasteiger charge is -2.20. The third-order valence-electron chi connectivity index (χ3n) is 3.59. The molecule has 0 aliphatic heterocycles. The van der Waals surface area contributed by atoms with Crippen molar-refractivity contribution in [3.8, 4) is 5.88 Å². The topological polar surface area (TPSA) is 108 Å². The summed E-state index contributed by atoms with van der Waals surface area (Å²) in [6.45, 7) is 2.78. The quantitative estimate of drug-likeness (QED) is 0.681. The molecule has 0 saturated carbocycles. The van der Waals surface area contributed by atoms with Gasteiger partial charge in [0.25, 0.3) is 0 Å². The summed E-state index contributed by atoms with van der Waals surface area (Å²) in [6, 6.07) is 6.17. The van der Waals surface area contributed by atoms with Crippen LogP contribution in [0, 0.1) is 4.78 Å². The highest BCUT2D eigenvalue weighted by molar-refractivity contribution is 7.91. The number of aliphatic hydroxyl groups excluding tert-OH is 1. The fourth-order valence-electron chi connectivity index (χ4n) is 2.02. The van der Waals surface area contributed by atoms with Gasteiger partial charge in [0.1, 0.15) is 11.7 Å². The van der Waals surface area contributed by atoms with E-state index >= 15 is 0 Å². The Labute approximate surface area is 154 Å². The number of alkyl halides is 3. The van der Waals surface area contributed by atoms with E-state index in [2.05, 4.69) is 15.3 Å². The molecule has 3 N–H and O–H groups in total. The van der Waals surface area contributed by atoms with Crippen molar-refractivity contribution in [3.63, 3.8) is 0 Å². The zero-order chi connectivity index (χ0) is 20.4. The summed E-state index contributed by atoms with van der Waals surface area (Å²) in [4.78, 5) is 7.55. The number of aliphatic hydroxyl groups is 1. The minimum Gasteiger partial charge on any atom is -0.471 e. The molecule has 2 rings (SSSR count). The molecule has 11 heteroatoms. The molecule has 0 bridgehead atoms. The van der Waals surface area contributed by atoms with Crippen molar-refractivity contribution in [1.82, 2.24) is 9.97 Å². The summed E-state index contributed by atoms with van der Waals surface area (Å²) in [5.74, 6) is -0.971. The average molecular weight is 404 g/mol. The summed E-state index contributed by atoms with van der Waals surface area (Å²) in [5.41, 5.74) is -0.956. The van der Waals surface area contributed by atoms with Crippen molar-refractivity contribution in [2.75, 3.05) is 11.6 Å². The SMILES string of the molecule is C[C@@H](O)[C@@H](C)Oc1nc(Nc2ccccc2S(C)(=N)=O)ncc1C(F)(F)F. The maximum absolute atomic E-state index is 13.2. The predicted octanol–water partition coefficient (Wildman–Crippen LogP) is 3.42. The first kappa shape index (κ1) is 20.9. The van der Waals surface area contributed by atoms with E-state index < -0.39 is 39.6 Å². The Kier molecular flexibility index (Phi) is 5.95. The number of halogens is 3. The molecular weight excluding hydrogens is 385 g/mol. The Hall–Kier alpha value is -2.40. The Bertz CT molecular complexity index is 917. The highest BCUT2D eigenvalue weighted by Crippen LogP contribution is 2.36. The van der Waals surface area contributed by atoms with Gasteiger partial charge >= 0.3 is 6.18 Å². The number of anilines is 2. The van der Waals surface area contributed by atoms with Crippen molar-refractivity contribution in [1.29, 1.82) is 4.78 Å². The second-order valence-electron chi connectivity index (χ2n) is 5.94. The first-order valence-electron chi connectivity index (χ1n) is 7.78. The van der Waals surface area contributed by atoms with Crippen LogP contribution < -0.4 is 10.1 Å². The van der Waals surface area contributed by atoms with Crippen LogP contribution in [0.1, 0.15) is 19.4 Å². The maximum Gasteiger partial charge on any atom is 0.423 e. The lowest BCUT2D eigenvalue weighted by atomic mass is 10.2. The third kappa shape index (κ3) is 5.30. The largest absolute Gasteiger partial charge is 0.471 e. The Morgan fingerprint density at radius 2 is 1.93 bits per heavy atom. The van der Waals surface area contributed by atoms with E-state index in [9.17, 15) is 22.5 Å². The highest BCUT2D eigenvalue weighted by atomic mass is 32.2. The van der Waals surface area contributed by atoms with Crippen LogP contribution in [0.4, 0.5) is 24.8 Å². The summed E-state index contributed by atoms with van der Waals surface area (Å²) in [5, 5.41) is 12.2. The van der Waals surface area contributed by atoms with Crippen LogP contribution >= 0.6 is 0 Å². The second kappa shape index (κ2) is 7.69. The normalized spacial score (nSPS) is 16.3. The lowest BCUT2D eigenvalue weighted by Crippen LogP contribution is -2.27. The minimum absolute atomic E-state index is 0.160. The third-order valence-corrected chi connectivity index (χ3v) is 4.78. The van der Waals surface area contributed by atoms with E-state index in [0.717, 1.165) is 0 Å². The number of nitrogens with one attached hydrogen (secondary N) is 2. The van der Waals surface area contributed by atoms with Crippen LogP contribution in [0.25, 0.3) is 0 Å². The first-order chi connectivity index (χ1) is 12.4. The van der Waals surface area contributed by atoms with Gasteiger partial charge in [-0.2, -0.15) is 18.2 Å². The average Bonchev–Trinajstić information content (AvgIpc) is 2.53. The van der Waals surface area contributed by atoms with Gasteiger partial charge in [-0.3, -0.25) is 0 Å². The maximum atomic E-state index is 13.2. The second-order valence-corrected chi connectivity index (χ2v) is 8.07. The molecule has 0 amide bonds. The molecule has 0 radical (unpaired) electrons. The molecule has 0 aliphatic carbocycles. The number of para-hydroxylation sites is 1. The van der Waals surface area contributed by atoms with Gasteiger partial charge in [-0.05, 0) is 26.0 Å². The number of benzene rings is 1. The summed E-state index contributed by atoms with van der Waals surface area (Å²) >= 11 is 0. The van der Waals surface area contributed by atoms with E-state index in [-0.39, 0.29) is 16.5 Å². The van der Waals surface area contributed by atoms with Gasteiger partial charge in [0.15, 0.2) is 0 Å². The summed E-state index contributed by atoms with van der Waals surface area (Å²) in [7, 11) is -3.09. The molecular formula is C16H19F3N4O3S. The monoisotopic (exact) mass is 404 g/mol. The van der Waals surface area contributed by atoms with Crippen LogP contribution in [0.2, 0.25) is 0 Å². The molecule has 1 aromatic carbocycles. The molecule has 2 aromatic rings. The van der Waals surface area contributed by atoms with Gasteiger partial charge in [-0.15, -0.1) is 0 Å². The predicted molar refractivity (Wildman–Crippen MR) is 93.6 cm³/mol. The molecule has 1 unspecified atom stereocenters. The standard InChI is InChI=1S/C16H19F3N4O3S/c1-9(24)10(2)26-14-11(16(17,18)19)8-21-15(23-14)22-12-6-4-5-7-13(12)27(3,20)25/h4-10,20,24H,1-3H3,(H,21,22,23)/t9-,10-,27?/m1/s1. The van der Waals surface area contributed by atoms with Gasteiger partial charge in [0.05, 0.1) is 26.4 Å². The zero-order valence-electron chi connectivity index (χ0n) is 14.7. The summed E-state index contributed by atoms with van der Waals surface area (Å²) < 4.78 is 64.5. The smallest absolute Gasteiger partial charge is 0.423 e. The first-order valence-corrected chi connectivity index (χ1v) is 9.75. The number of nitrogens with zero attached hydrogens (tertiary/aromatic N) is 2. The van der Waals surface area contributed by atoms with Crippen LogP contribution in [0.5, 0.6) is 5.88 Å². The highest BCUT2D eigenvalue weighted by Gasteiger charge is 2.37. The molecule has 0 aliphatic rings. The molecule has 7 nitrogen and oxygen atoms in total. The molecule has 1 heterocycles. The molecule has 3 atom stereocenters. The Morgan fingerprint density at radius 1 is 1.30 bits per heavy atom. The zero-order valence-corrected chi connectivity index (χ0v) is 15.6. The Morgan fingerprint density at radius 3 is 2.48 bits per heavy atom. The fourth-order valence-corrected chi connectivity index (χ4v) is 2.89. The fraction of sp³-hybridized carbons (Fsp3) is 0.375. The molecule has 1 aromatic heterocycles. The molecule has 0 spiro atoms. The van der Waals surface area contributed by atoms with Gasteiger partial charge in [-0.25, -0.2) is 14.0 Å². The van der Waals surface area contributed by atoms with Gasteiger partial charge in [0, 0.05) is 12.5 Å². The van der Waals surface area contributed by atoms with E-state index in [1.807, 2.05) is 0 Å². The van der Waals surface area contributed by atoms with Gasteiger partial charge in [0.2, 0.25) is 11.8 Å². The van der Waals surface area contributed by atoms with Crippen LogP contribution in [0.3, 0.4) is 0 Å². The van der Waals surface area contributed by atoms with Crippen LogP contribution in [0.15, 0.2) is 35.4 Å². The number of ether oxygens (including phenoxy) is 1. The van der Waals surface area contributed by atoms with Crippen molar-refractivity contribution >= 4 is 21.4 Å². The van der Waals surface area contributed by atoms with Crippen molar-refractivity contribution in [2.24, 2.45) is 0 Å². The van der Waals surface area contributed by atoms with Crippen LogP contribution in [-0.4, -0.2) is 37.7 Å². The summed E-state index contributed by atoms with van der Waals surface area (Å²) in [6.07, 6.45) is -4.93. The minimum atomic E-state index is -4.75. The van der Waals surface area contributed by atoms with E-state index in [4.69, 9.17) is 9.52 Å². The molecule has 27 heavy (non-hydrogen) atoms. The van der Waals surface area contributed by atoms with Crippen molar-refractivity contribution in [3.05, 3.63) is 36.0 Å². The van der Waals surface area contributed by atoms with Crippen molar-refractivity contribution < 1.29 is 27.2 Å². The van der Waals surface area contributed by atoms with E-state index in [1.165, 1.54) is 32.2 Å². The Balaban J connectivity index is 2.45. The number of aromatic nitrogens is 2. The van der Waals surface area contributed by atoms with E-state index in [1.54, 1.807) is 12.1 Å². The van der Waals surface area contributed by atoms with Gasteiger partial charge < -0.3 is 15.2 Å².